The lowest BCUT2D eigenvalue weighted by atomic mass is 10.2. The first-order chi connectivity index (χ1) is 11.5. The maximum atomic E-state index is 12.3. The number of rotatable bonds is 3. The summed E-state index contributed by atoms with van der Waals surface area (Å²) in [5, 5.41) is 13.0. The van der Waals surface area contributed by atoms with Gasteiger partial charge in [0.1, 0.15) is 11.3 Å². The number of hydrogen-bond acceptors (Lipinski definition) is 4. The van der Waals surface area contributed by atoms with Crippen LogP contribution in [0.4, 0.5) is 10.5 Å². The summed E-state index contributed by atoms with van der Waals surface area (Å²) in [6.07, 6.45) is 0. The van der Waals surface area contributed by atoms with Crippen LogP contribution < -0.4 is 10.9 Å². The van der Waals surface area contributed by atoms with E-state index >= 15 is 0 Å². The van der Waals surface area contributed by atoms with E-state index in [-0.39, 0.29) is 11.8 Å². The molecule has 0 unspecified atom stereocenters. The zero-order chi connectivity index (χ0) is 17.1. The topological polar surface area (TPSA) is 82.8 Å². The molecule has 3 aromatic rings. The predicted octanol–water partition coefficient (Wildman–Crippen LogP) is 3.16. The Labute approximate surface area is 137 Å². The van der Waals surface area contributed by atoms with Crippen molar-refractivity contribution in [3.05, 3.63) is 70.6 Å². The van der Waals surface area contributed by atoms with Crippen molar-refractivity contribution < 1.29 is 14.3 Å². The number of aromatic hydroxyl groups is 1. The van der Waals surface area contributed by atoms with E-state index in [9.17, 15) is 14.7 Å². The Morgan fingerprint density at radius 1 is 1.17 bits per heavy atom. The van der Waals surface area contributed by atoms with E-state index in [2.05, 4.69) is 5.32 Å². The van der Waals surface area contributed by atoms with Crippen molar-refractivity contribution in [2.45, 2.75) is 6.54 Å². The monoisotopic (exact) mass is 324 g/mol. The van der Waals surface area contributed by atoms with Crippen LogP contribution in [-0.4, -0.2) is 23.1 Å². The van der Waals surface area contributed by atoms with Crippen molar-refractivity contribution in [2.75, 3.05) is 12.4 Å². The maximum absolute atomic E-state index is 12.3. The van der Waals surface area contributed by atoms with Crippen molar-refractivity contribution in [3.63, 3.8) is 0 Å². The number of nitrogens with zero attached hydrogens (tertiary/aromatic N) is 1. The van der Waals surface area contributed by atoms with E-state index in [1.807, 2.05) is 6.07 Å². The number of anilines is 1. The summed E-state index contributed by atoms with van der Waals surface area (Å²) in [6, 6.07) is 14.5. The fraction of sp³-hybridized carbons (Fsp3) is 0.111. The summed E-state index contributed by atoms with van der Waals surface area (Å²) in [5.41, 5.74) is 1.48. The lowest BCUT2D eigenvalue weighted by Gasteiger charge is -2.18. The van der Waals surface area contributed by atoms with Crippen LogP contribution in [0.25, 0.3) is 11.0 Å². The standard InChI is InChI=1S/C18H16N2O4/c1-20(11-12-3-2-4-15(21)9-12)18(23)19-14-6-7-16-13(10-14)5-8-17(22)24-16/h2-10,21H,11H2,1H3,(H,19,23). The van der Waals surface area contributed by atoms with E-state index < -0.39 is 5.63 Å². The van der Waals surface area contributed by atoms with Crippen LogP contribution in [0.15, 0.2) is 63.8 Å². The van der Waals surface area contributed by atoms with Crippen molar-refractivity contribution in [3.8, 4) is 5.75 Å². The fourth-order valence-corrected chi connectivity index (χ4v) is 2.37. The Hall–Kier alpha value is -3.28. The molecule has 122 valence electrons. The lowest BCUT2D eigenvalue weighted by Crippen LogP contribution is -2.30. The minimum absolute atomic E-state index is 0.164. The molecule has 0 saturated heterocycles. The van der Waals surface area contributed by atoms with Crippen LogP contribution in [0.3, 0.4) is 0 Å². The number of amides is 2. The molecule has 2 N–H and O–H groups in total. The molecule has 0 spiro atoms. The van der Waals surface area contributed by atoms with Gasteiger partial charge in [-0.2, -0.15) is 0 Å². The number of phenolic OH excluding ortho intramolecular Hbond substituents is 1. The number of hydrogen-bond donors (Lipinski definition) is 2. The molecule has 0 fully saturated rings. The molecule has 3 rings (SSSR count). The number of carbonyl (C=O) groups excluding carboxylic acids is 1. The van der Waals surface area contributed by atoms with E-state index in [0.29, 0.717) is 17.8 Å². The van der Waals surface area contributed by atoms with Crippen molar-refractivity contribution in [1.29, 1.82) is 0 Å². The third-order valence-electron chi connectivity index (χ3n) is 3.55. The summed E-state index contributed by atoms with van der Waals surface area (Å²) in [4.78, 5) is 24.9. The number of fused-ring (bicyclic) bond motifs is 1. The second-order valence-corrected chi connectivity index (χ2v) is 5.46. The number of nitrogens with one attached hydrogen (secondary N) is 1. The minimum atomic E-state index is -0.412. The van der Waals surface area contributed by atoms with Gasteiger partial charge in [0, 0.05) is 30.7 Å². The number of urea groups is 1. The summed E-state index contributed by atoms with van der Waals surface area (Å²) < 4.78 is 5.06. The van der Waals surface area contributed by atoms with Crippen molar-refractivity contribution in [1.82, 2.24) is 4.90 Å². The second-order valence-electron chi connectivity index (χ2n) is 5.46. The summed E-state index contributed by atoms with van der Waals surface area (Å²) in [7, 11) is 1.67. The van der Waals surface area contributed by atoms with Crippen LogP contribution in [0, 0.1) is 0 Å². The SMILES string of the molecule is CN(Cc1cccc(O)c1)C(=O)Nc1ccc2oc(=O)ccc2c1. The van der Waals surface area contributed by atoms with Crippen LogP contribution in [0.1, 0.15) is 5.56 Å². The fourth-order valence-electron chi connectivity index (χ4n) is 2.37. The molecule has 2 aromatic carbocycles. The Bertz CT molecular complexity index is 949. The second kappa shape index (κ2) is 6.45. The molecule has 2 amide bonds. The molecular weight excluding hydrogens is 308 g/mol. The van der Waals surface area contributed by atoms with E-state index in [1.165, 1.54) is 11.0 Å². The van der Waals surface area contributed by atoms with Gasteiger partial charge in [0.25, 0.3) is 0 Å². The Morgan fingerprint density at radius 3 is 2.79 bits per heavy atom. The van der Waals surface area contributed by atoms with Gasteiger partial charge in [0.15, 0.2) is 0 Å². The third-order valence-corrected chi connectivity index (χ3v) is 3.55. The molecular formula is C18H16N2O4. The molecule has 1 aromatic heterocycles. The van der Waals surface area contributed by atoms with Crippen molar-refractivity contribution in [2.24, 2.45) is 0 Å². The zero-order valence-corrected chi connectivity index (χ0v) is 13.0. The van der Waals surface area contributed by atoms with Gasteiger partial charge >= 0.3 is 11.7 Å². The van der Waals surface area contributed by atoms with Gasteiger partial charge in [0.2, 0.25) is 0 Å². The molecule has 0 atom stereocenters. The first-order valence-corrected chi connectivity index (χ1v) is 7.35. The van der Waals surface area contributed by atoms with E-state index in [4.69, 9.17) is 4.42 Å². The van der Waals surface area contributed by atoms with Crippen LogP contribution in [0.2, 0.25) is 0 Å². The van der Waals surface area contributed by atoms with Gasteiger partial charge in [-0.3, -0.25) is 0 Å². The Balaban J connectivity index is 1.71. The lowest BCUT2D eigenvalue weighted by molar-refractivity contribution is 0.220. The van der Waals surface area contributed by atoms with Gasteiger partial charge in [-0.15, -0.1) is 0 Å². The third kappa shape index (κ3) is 3.55. The summed E-state index contributed by atoms with van der Waals surface area (Å²) in [6.45, 7) is 0.364. The number of carbonyl (C=O) groups is 1. The highest BCUT2D eigenvalue weighted by Crippen LogP contribution is 2.18. The van der Waals surface area contributed by atoms with Gasteiger partial charge in [-0.25, -0.2) is 9.59 Å². The van der Waals surface area contributed by atoms with Crippen LogP contribution in [0.5, 0.6) is 5.75 Å². The smallest absolute Gasteiger partial charge is 0.336 e. The van der Waals surface area contributed by atoms with E-state index in [1.54, 1.807) is 49.5 Å². The molecule has 0 aliphatic carbocycles. The molecule has 0 aliphatic rings. The molecule has 1 heterocycles. The molecule has 0 saturated carbocycles. The number of benzene rings is 2. The Kier molecular flexibility index (Phi) is 4.20. The largest absolute Gasteiger partial charge is 0.508 e. The zero-order valence-electron chi connectivity index (χ0n) is 13.0. The highest BCUT2D eigenvalue weighted by molar-refractivity contribution is 5.92. The average Bonchev–Trinajstić information content (AvgIpc) is 2.55. The number of phenols is 1. The molecule has 6 nitrogen and oxygen atoms in total. The summed E-state index contributed by atoms with van der Waals surface area (Å²) in [5.74, 6) is 0.164. The molecule has 24 heavy (non-hydrogen) atoms. The molecule has 0 radical (unpaired) electrons. The van der Waals surface area contributed by atoms with Gasteiger partial charge < -0.3 is 19.7 Å². The predicted molar refractivity (Wildman–Crippen MR) is 91.1 cm³/mol. The van der Waals surface area contributed by atoms with Gasteiger partial charge in [-0.1, -0.05) is 12.1 Å². The minimum Gasteiger partial charge on any atom is -0.508 e. The molecule has 6 heteroatoms. The molecule has 0 aliphatic heterocycles. The van der Waals surface area contributed by atoms with Gasteiger partial charge in [0.05, 0.1) is 0 Å². The van der Waals surface area contributed by atoms with E-state index in [0.717, 1.165) is 10.9 Å². The van der Waals surface area contributed by atoms with Gasteiger partial charge in [-0.05, 0) is 42.0 Å². The quantitative estimate of drug-likeness (QED) is 0.725. The normalized spacial score (nSPS) is 10.5. The average molecular weight is 324 g/mol. The highest BCUT2D eigenvalue weighted by atomic mass is 16.4. The van der Waals surface area contributed by atoms with Crippen LogP contribution in [-0.2, 0) is 6.54 Å². The summed E-state index contributed by atoms with van der Waals surface area (Å²) >= 11 is 0. The molecule has 0 bridgehead atoms. The Morgan fingerprint density at radius 2 is 2.00 bits per heavy atom. The first-order valence-electron chi connectivity index (χ1n) is 7.35. The van der Waals surface area contributed by atoms with Crippen molar-refractivity contribution >= 4 is 22.7 Å². The van der Waals surface area contributed by atoms with Crippen LogP contribution >= 0.6 is 0 Å². The highest BCUT2D eigenvalue weighted by Gasteiger charge is 2.10. The first kappa shape index (κ1) is 15.6. The maximum Gasteiger partial charge on any atom is 0.336 e.